The molecule has 2 aliphatic heterocycles. The number of carbonyl (C=O) groups excluding carboxylic acids is 2. The van der Waals surface area contributed by atoms with Gasteiger partial charge in [-0.05, 0) is 113 Å². The molecule has 4 aromatic rings. The molecule has 8 nitrogen and oxygen atoms in total. The van der Waals surface area contributed by atoms with Crippen molar-refractivity contribution in [3.63, 3.8) is 0 Å². The van der Waals surface area contributed by atoms with Crippen molar-refractivity contribution in [2.75, 3.05) is 30.8 Å². The van der Waals surface area contributed by atoms with Crippen LogP contribution >= 0.6 is 0 Å². The summed E-state index contributed by atoms with van der Waals surface area (Å²) in [5.74, 6) is -1.32. The molecule has 0 bridgehead atoms. The second-order valence-corrected chi connectivity index (χ2v) is 13.6. The molecule has 0 radical (unpaired) electrons. The van der Waals surface area contributed by atoms with Gasteiger partial charge in [-0.2, -0.15) is 5.10 Å². The van der Waals surface area contributed by atoms with E-state index in [-0.39, 0.29) is 29.3 Å². The Labute approximate surface area is 269 Å². The number of piperidine rings is 2. The lowest BCUT2D eigenvalue weighted by Crippen LogP contribution is -2.54. The molecule has 1 aromatic heterocycles. The lowest BCUT2D eigenvalue weighted by molar-refractivity contribution is -0.125. The van der Waals surface area contributed by atoms with Crippen LogP contribution in [0.3, 0.4) is 0 Å². The first-order chi connectivity index (χ1) is 22.3. The maximum Gasteiger partial charge on any atom is 0.257 e. The molecule has 4 atom stereocenters. The number of hydrogen-bond donors (Lipinski definition) is 2. The Morgan fingerprint density at radius 2 is 1.70 bits per heavy atom. The van der Waals surface area contributed by atoms with Crippen LogP contribution in [0.15, 0.2) is 66.9 Å². The lowest BCUT2D eigenvalue weighted by atomic mass is 9.76. The number of halogens is 1. The third kappa shape index (κ3) is 5.77. The number of aromatic nitrogens is 2. The highest BCUT2D eigenvalue weighted by Crippen LogP contribution is 2.49. The maximum absolute atomic E-state index is 15.4. The molecule has 7 rings (SSSR count). The van der Waals surface area contributed by atoms with Crippen LogP contribution in [0.2, 0.25) is 0 Å². The summed E-state index contributed by atoms with van der Waals surface area (Å²) in [6.07, 6.45) is 7.41. The lowest BCUT2D eigenvalue weighted by Gasteiger charge is -2.48. The summed E-state index contributed by atoms with van der Waals surface area (Å²) in [5, 5.41) is 12.1. The summed E-state index contributed by atoms with van der Waals surface area (Å²) in [5.41, 5.74) is 4.30. The van der Waals surface area contributed by atoms with Crippen LogP contribution in [0.1, 0.15) is 66.1 Å². The first-order valence-corrected chi connectivity index (χ1v) is 16.6. The number of fused-ring (bicyclic) bond motifs is 2. The van der Waals surface area contributed by atoms with Crippen molar-refractivity contribution in [1.29, 1.82) is 0 Å². The summed E-state index contributed by atoms with van der Waals surface area (Å²) in [4.78, 5) is 33.1. The molecular formula is C37H43FN6O2. The van der Waals surface area contributed by atoms with Gasteiger partial charge in [0.05, 0.1) is 29.2 Å². The topological polar surface area (TPSA) is 82.5 Å². The average molecular weight is 623 g/mol. The fourth-order valence-electron chi connectivity index (χ4n) is 8.11. The molecule has 1 aliphatic carbocycles. The Kier molecular flexibility index (Phi) is 8.27. The Hall–Kier alpha value is -4.24. The van der Waals surface area contributed by atoms with Gasteiger partial charge in [0.25, 0.3) is 5.91 Å². The summed E-state index contributed by atoms with van der Waals surface area (Å²) in [6.45, 7) is 3.92. The van der Waals surface area contributed by atoms with Gasteiger partial charge in [-0.1, -0.05) is 30.7 Å². The fourth-order valence-corrected chi connectivity index (χ4v) is 8.11. The first kappa shape index (κ1) is 30.4. The standard InChI is InChI=1S/C37H43FN6O2/c1-23-6-4-8-31(38)34(23)37(46)44-33-9-5-7-25(33)21-30(36(45)41-29-14-15-32-26(20-29)22-39-43(32)3)35(44)24-10-12-27(13-11-24)40-28-16-18-42(2)19-17-28/h4,6,8,10-15,20,22,25,28,30,33,35,40H,5,7,9,16-19,21H2,1-3H3,(H,41,45)/t25-,30?,33-,35?/m0/s1. The van der Waals surface area contributed by atoms with E-state index in [1.807, 2.05) is 42.3 Å². The number of hydrogen-bond acceptors (Lipinski definition) is 5. The highest BCUT2D eigenvalue weighted by molar-refractivity contribution is 5.99. The van der Waals surface area contributed by atoms with Crippen molar-refractivity contribution in [2.45, 2.75) is 63.6 Å². The van der Waals surface area contributed by atoms with E-state index in [9.17, 15) is 9.59 Å². The number of anilines is 2. The molecule has 3 aromatic carbocycles. The van der Waals surface area contributed by atoms with Crippen LogP contribution in [0.25, 0.3) is 10.9 Å². The number of rotatable bonds is 6. The maximum atomic E-state index is 15.4. The monoisotopic (exact) mass is 622 g/mol. The van der Waals surface area contributed by atoms with Gasteiger partial charge in [-0.3, -0.25) is 14.3 Å². The molecule has 2 amide bonds. The first-order valence-electron chi connectivity index (χ1n) is 16.6. The van der Waals surface area contributed by atoms with Crippen LogP contribution in [0, 0.1) is 24.6 Å². The molecule has 1 saturated carbocycles. The zero-order valence-electron chi connectivity index (χ0n) is 26.9. The Bertz CT molecular complexity index is 1720. The van der Waals surface area contributed by atoms with Gasteiger partial charge in [0.15, 0.2) is 0 Å². The van der Waals surface area contributed by atoms with Crippen molar-refractivity contribution in [3.05, 3.63) is 89.4 Å². The number of carbonyl (C=O) groups is 2. The van der Waals surface area contributed by atoms with E-state index in [1.165, 1.54) is 6.07 Å². The van der Waals surface area contributed by atoms with Crippen LogP contribution in [0.5, 0.6) is 0 Å². The number of benzene rings is 3. The molecule has 3 heterocycles. The van der Waals surface area contributed by atoms with E-state index < -0.39 is 17.8 Å². The van der Waals surface area contributed by atoms with Gasteiger partial charge >= 0.3 is 0 Å². The van der Waals surface area contributed by atoms with Crippen molar-refractivity contribution in [3.8, 4) is 0 Å². The number of amides is 2. The summed E-state index contributed by atoms with van der Waals surface area (Å²) in [6, 6.07) is 18.6. The van der Waals surface area contributed by atoms with Crippen LogP contribution in [0.4, 0.5) is 15.8 Å². The zero-order chi connectivity index (χ0) is 31.9. The normalized spacial score (nSPS) is 23.8. The molecule has 9 heteroatoms. The molecular weight excluding hydrogens is 579 g/mol. The molecule has 2 unspecified atom stereocenters. The zero-order valence-corrected chi connectivity index (χ0v) is 26.9. The van der Waals surface area contributed by atoms with Crippen molar-refractivity contribution in [2.24, 2.45) is 18.9 Å². The minimum absolute atomic E-state index is 0.0515. The van der Waals surface area contributed by atoms with Gasteiger partial charge in [0.2, 0.25) is 5.91 Å². The molecule has 2 N–H and O–H groups in total. The fraction of sp³-hybridized carbons (Fsp3) is 0.432. The number of nitrogens with one attached hydrogen (secondary N) is 2. The predicted octanol–water partition coefficient (Wildman–Crippen LogP) is 6.54. The SMILES string of the molecule is Cc1cccc(F)c1C(=O)N1C(c2ccc(NC3CCN(C)CC3)cc2)C(C(=O)Nc2ccc3c(cnn3C)c2)C[C@@H]2CCC[C@@H]21. The smallest absolute Gasteiger partial charge is 0.257 e. The van der Waals surface area contributed by atoms with E-state index in [4.69, 9.17) is 0 Å². The number of aryl methyl sites for hydroxylation is 2. The second-order valence-electron chi connectivity index (χ2n) is 13.6. The average Bonchev–Trinajstić information content (AvgIpc) is 3.67. The van der Waals surface area contributed by atoms with Crippen molar-refractivity contribution >= 4 is 34.1 Å². The number of likely N-dealkylation sites (tertiary alicyclic amines) is 2. The third-order valence-electron chi connectivity index (χ3n) is 10.6. The van der Waals surface area contributed by atoms with Crippen LogP contribution < -0.4 is 10.6 Å². The van der Waals surface area contributed by atoms with Gasteiger partial charge in [0, 0.05) is 35.9 Å². The third-order valence-corrected chi connectivity index (χ3v) is 10.6. The number of nitrogens with zero attached hydrogens (tertiary/aromatic N) is 4. The Morgan fingerprint density at radius 1 is 0.935 bits per heavy atom. The van der Waals surface area contributed by atoms with Gasteiger partial charge in [-0.15, -0.1) is 0 Å². The quantitative estimate of drug-likeness (QED) is 0.255. The molecule has 0 spiro atoms. The van der Waals surface area contributed by atoms with Crippen LogP contribution in [-0.2, 0) is 11.8 Å². The van der Waals surface area contributed by atoms with E-state index in [1.54, 1.807) is 29.9 Å². The molecule has 240 valence electrons. The van der Waals surface area contributed by atoms with E-state index >= 15 is 4.39 Å². The van der Waals surface area contributed by atoms with Gasteiger partial charge < -0.3 is 20.4 Å². The summed E-state index contributed by atoms with van der Waals surface area (Å²) >= 11 is 0. The van der Waals surface area contributed by atoms with E-state index in [0.717, 1.165) is 67.3 Å². The molecule has 46 heavy (non-hydrogen) atoms. The van der Waals surface area contributed by atoms with Crippen molar-refractivity contribution < 1.29 is 14.0 Å². The highest BCUT2D eigenvalue weighted by atomic mass is 19.1. The Morgan fingerprint density at radius 3 is 2.46 bits per heavy atom. The van der Waals surface area contributed by atoms with Gasteiger partial charge in [-0.25, -0.2) is 4.39 Å². The van der Waals surface area contributed by atoms with Crippen LogP contribution in [-0.4, -0.2) is 63.6 Å². The van der Waals surface area contributed by atoms with Crippen molar-refractivity contribution in [1.82, 2.24) is 19.6 Å². The largest absolute Gasteiger partial charge is 0.382 e. The minimum Gasteiger partial charge on any atom is -0.382 e. The summed E-state index contributed by atoms with van der Waals surface area (Å²) < 4.78 is 17.2. The predicted molar refractivity (Wildman–Crippen MR) is 179 cm³/mol. The minimum atomic E-state index is -0.537. The second kappa shape index (κ2) is 12.5. The highest BCUT2D eigenvalue weighted by Gasteiger charge is 2.50. The van der Waals surface area contributed by atoms with E-state index in [2.05, 4.69) is 39.8 Å². The summed E-state index contributed by atoms with van der Waals surface area (Å²) in [7, 11) is 4.05. The molecule has 3 aliphatic rings. The molecule has 3 fully saturated rings. The molecule has 2 saturated heterocycles. The van der Waals surface area contributed by atoms with E-state index in [0.29, 0.717) is 23.7 Å². The Balaban J connectivity index is 1.25. The van der Waals surface area contributed by atoms with Gasteiger partial charge in [0.1, 0.15) is 5.82 Å².